The molecule has 0 amide bonds. The van der Waals surface area contributed by atoms with Gasteiger partial charge in [-0.15, -0.1) is 0 Å². The minimum absolute atomic E-state index is 0.0924. The van der Waals surface area contributed by atoms with E-state index in [9.17, 15) is 17.2 Å². The van der Waals surface area contributed by atoms with E-state index in [1.54, 1.807) is 18.2 Å². The number of nitrogens with zero attached hydrogens (tertiary/aromatic N) is 1. The lowest BCUT2D eigenvalue weighted by atomic mass is 10.2. The van der Waals surface area contributed by atoms with Crippen LogP contribution in [0.5, 0.6) is 0 Å². The molecule has 0 fully saturated rings. The Balaban J connectivity index is 2.09. The summed E-state index contributed by atoms with van der Waals surface area (Å²) in [4.78, 5) is -0.0924. The molecule has 3 aromatic rings. The van der Waals surface area contributed by atoms with Crippen molar-refractivity contribution in [2.75, 3.05) is 4.31 Å². The number of halogens is 3. The van der Waals surface area contributed by atoms with Gasteiger partial charge in [-0.3, -0.25) is 4.31 Å². The molecule has 0 aliphatic heterocycles. The van der Waals surface area contributed by atoms with E-state index in [0.717, 1.165) is 16.4 Å². The van der Waals surface area contributed by atoms with Gasteiger partial charge in [-0.25, -0.2) is 17.2 Å². The molecular weight excluding hydrogens is 380 g/mol. The summed E-state index contributed by atoms with van der Waals surface area (Å²) in [6, 6.07) is 16.6. The van der Waals surface area contributed by atoms with Gasteiger partial charge < -0.3 is 0 Å². The first-order chi connectivity index (χ1) is 12.4. The number of hydrogen-bond acceptors (Lipinski definition) is 2. The van der Waals surface area contributed by atoms with Gasteiger partial charge in [-0.2, -0.15) is 0 Å². The van der Waals surface area contributed by atoms with E-state index < -0.39 is 21.7 Å². The Bertz CT molecular complexity index is 1010. The van der Waals surface area contributed by atoms with E-state index in [1.807, 2.05) is 0 Å². The van der Waals surface area contributed by atoms with E-state index >= 15 is 0 Å². The molecule has 0 unspecified atom stereocenters. The van der Waals surface area contributed by atoms with Crippen molar-refractivity contribution in [3.8, 4) is 0 Å². The highest BCUT2D eigenvalue weighted by atomic mass is 35.5. The highest BCUT2D eigenvalue weighted by Crippen LogP contribution is 2.28. The molecule has 0 heterocycles. The molecule has 26 heavy (non-hydrogen) atoms. The molecule has 0 saturated heterocycles. The molecule has 7 heteroatoms. The molecule has 3 nitrogen and oxygen atoms in total. The second-order valence-electron chi connectivity index (χ2n) is 5.53. The van der Waals surface area contributed by atoms with Crippen molar-refractivity contribution in [1.29, 1.82) is 0 Å². The van der Waals surface area contributed by atoms with Crippen LogP contribution in [0, 0.1) is 11.6 Å². The van der Waals surface area contributed by atoms with Crippen molar-refractivity contribution in [2.24, 2.45) is 0 Å². The van der Waals surface area contributed by atoms with Crippen LogP contribution < -0.4 is 4.31 Å². The van der Waals surface area contributed by atoms with Crippen molar-refractivity contribution in [1.82, 2.24) is 0 Å². The lowest BCUT2D eigenvalue weighted by Gasteiger charge is -2.25. The van der Waals surface area contributed by atoms with Crippen LogP contribution in [0.25, 0.3) is 0 Å². The molecule has 0 bridgehead atoms. The first kappa shape index (κ1) is 18.4. The third-order valence-electron chi connectivity index (χ3n) is 3.79. The zero-order chi connectivity index (χ0) is 18.7. The monoisotopic (exact) mass is 393 g/mol. The molecule has 0 aromatic heterocycles. The summed E-state index contributed by atoms with van der Waals surface area (Å²) in [5.41, 5.74) is 0.537. The molecule has 0 spiro atoms. The molecule has 0 N–H and O–H groups in total. The van der Waals surface area contributed by atoms with Crippen molar-refractivity contribution in [2.45, 2.75) is 11.4 Å². The Morgan fingerprint density at radius 2 is 1.46 bits per heavy atom. The maximum atomic E-state index is 14.1. The summed E-state index contributed by atoms with van der Waals surface area (Å²) in [6.45, 7) is -0.214. The molecule has 0 radical (unpaired) electrons. The second kappa shape index (κ2) is 7.43. The molecule has 0 aliphatic rings. The Kier molecular flexibility index (Phi) is 5.25. The predicted molar refractivity (Wildman–Crippen MR) is 97.6 cm³/mol. The van der Waals surface area contributed by atoms with Gasteiger partial charge in [0, 0.05) is 10.6 Å². The number of anilines is 1. The van der Waals surface area contributed by atoms with Crippen molar-refractivity contribution < 1.29 is 17.2 Å². The van der Waals surface area contributed by atoms with Crippen LogP contribution in [-0.2, 0) is 16.6 Å². The maximum absolute atomic E-state index is 14.1. The third-order valence-corrected chi connectivity index (χ3v) is 5.83. The van der Waals surface area contributed by atoms with Crippen LogP contribution in [0.4, 0.5) is 14.5 Å². The van der Waals surface area contributed by atoms with Crippen LogP contribution in [0.3, 0.4) is 0 Å². The van der Waals surface area contributed by atoms with E-state index in [2.05, 4.69) is 0 Å². The van der Waals surface area contributed by atoms with Gasteiger partial charge in [0.25, 0.3) is 10.0 Å². The van der Waals surface area contributed by atoms with Gasteiger partial charge in [0.1, 0.15) is 11.6 Å². The minimum Gasteiger partial charge on any atom is -0.262 e. The number of rotatable bonds is 5. The van der Waals surface area contributed by atoms with Crippen LogP contribution in [0.1, 0.15) is 5.56 Å². The second-order valence-corrected chi connectivity index (χ2v) is 7.83. The number of benzene rings is 3. The van der Waals surface area contributed by atoms with E-state index in [-0.39, 0.29) is 17.0 Å². The lowest BCUT2D eigenvalue weighted by Crippen LogP contribution is -2.31. The summed E-state index contributed by atoms with van der Waals surface area (Å²) in [5.74, 6) is -1.06. The summed E-state index contributed by atoms with van der Waals surface area (Å²) in [5, 5.41) is 0.443. The fraction of sp³-hybridized carbons (Fsp3) is 0.0526. The van der Waals surface area contributed by atoms with Gasteiger partial charge in [-0.1, -0.05) is 29.8 Å². The molecular formula is C19H14ClF2NO2S. The molecule has 0 atom stereocenters. The predicted octanol–water partition coefficient (Wildman–Crippen LogP) is 5.01. The van der Waals surface area contributed by atoms with Gasteiger partial charge in [-0.05, 0) is 54.6 Å². The first-order valence-corrected chi connectivity index (χ1v) is 9.47. The summed E-state index contributed by atoms with van der Waals surface area (Å²) in [7, 11) is -4.04. The SMILES string of the molecule is O=S(=O)(c1ccc(F)cc1)N(Cc1ccccc1F)c1ccc(Cl)cc1. The first-order valence-electron chi connectivity index (χ1n) is 7.65. The average Bonchev–Trinajstić information content (AvgIpc) is 2.62. The van der Waals surface area contributed by atoms with Crippen molar-refractivity contribution in [3.63, 3.8) is 0 Å². The Morgan fingerprint density at radius 1 is 0.846 bits per heavy atom. The summed E-state index contributed by atoms with van der Waals surface area (Å²) in [6.07, 6.45) is 0. The summed E-state index contributed by atoms with van der Waals surface area (Å²) >= 11 is 5.88. The quantitative estimate of drug-likeness (QED) is 0.610. The van der Waals surface area contributed by atoms with E-state index in [0.29, 0.717) is 10.7 Å². The Hall–Kier alpha value is -2.44. The highest BCUT2D eigenvalue weighted by molar-refractivity contribution is 7.92. The largest absolute Gasteiger partial charge is 0.264 e. The van der Waals surface area contributed by atoms with Crippen molar-refractivity contribution >= 4 is 27.3 Å². The highest BCUT2D eigenvalue weighted by Gasteiger charge is 2.26. The fourth-order valence-corrected chi connectivity index (χ4v) is 4.01. The molecule has 0 saturated carbocycles. The lowest BCUT2D eigenvalue weighted by molar-refractivity contribution is 0.584. The van der Waals surface area contributed by atoms with E-state index in [1.165, 1.54) is 42.5 Å². The standard InChI is InChI=1S/C19H14ClF2NO2S/c20-15-5-9-17(10-6-15)23(13-14-3-1-2-4-19(14)22)26(24,25)18-11-7-16(21)8-12-18/h1-12H,13H2. The Labute approximate surface area is 155 Å². The number of hydrogen-bond donors (Lipinski definition) is 0. The maximum Gasteiger partial charge on any atom is 0.264 e. The van der Waals surface area contributed by atoms with Crippen LogP contribution in [0.2, 0.25) is 5.02 Å². The van der Waals surface area contributed by atoms with Crippen LogP contribution >= 0.6 is 11.6 Å². The minimum atomic E-state index is -4.04. The summed E-state index contributed by atoms with van der Waals surface area (Å²) < 4.78 is 54.5. The Morgan fingerprint density at radius 3 is 2.08 bits per heavy atom. The zero-order valence-electron chi connectivity index (χ0n) is 13.4. The van der Waals surface area contributed by atoms with Crippen molar-refractivity contribution in [3.05, 3.63) is 95.0 Å². The topological polar surface area (TPSA) is 37.4 Å². The van der Waals surface area contributed by atoms with Gasteiger partial charge in [0.05, 0.1) is 17.1 Å². The molecule has 134 valence electrons. The molecule has 3 aromatic carbocycles. The third kappa shape index (κ3) is 3.86. The van der Waals surface area contributed by atoms with Crippen LogP contribution in [-0.4, -0.2) is 8.42 Å². The number of sulfonamides is 1. The smallest absolute Gasteiger partial charge is 0.262 e. The van der Waals surface area contributed by atoms with Crippen LogP contribution in [0.15, 0.2) is 77.7 Å². The normalized spacial score (nSPS) is 11.3. The van der Waals surface area contributed by atoms with Gasteiger partial charge >= 0.3 is 0 Å². The fourth-order valence-electron chi connectivity index (χ4n) is 2.44. The average molecular weight is 394 g/mol. The molecule has 0 aliphatic carbocycles. The van der Waals surface area contributed by atoms with Gasteiger partial charge in [0.2, 0.25) is 0 Å². The zero-order valence-corrected chi connectivity index (χ0v) is 15.0. The van der Waals surface area contributed by atoms with Gasteiger partial charge in [0.15, 0.2) is 0 Å². The molecule has 3 rings (SSSR count). The van der Waals surface area contributed by atoms with E-state index in [4.69, 9.17) is 11.6 Å².